The van der Waals surface area contributed by atoms with Gasteiger partial charge >= 0.3 is 5.97 Å². The molecular formula is C25H20ClN3O4. The first-order chi connectivity index (χ1) is 16.0. The second-order valence-corrected chi connectivity index (χ2v) is 7.85. The lowest BCUT2D eigenvalue weighted by molar-refractivity contribution is -0.147. The van der Waals surface area contributed by atoms with Gasteiger partial charge in [0.2, 0.25) is 5.56 Å². The zero-order valence-corrected chi connectivity index (χ0v) is 18.2. The molecule has 2 N–H and O–H groups in total. The molecule has 0 radical (unpaired) electrons. The highest BCUT2D eigenvalue weighted by Gasteiger charge is 2.25. The number of fused-ring (bicyclic) bond motifs is 1. The summed E-state index contributed by atoms with van der Waals surface area (Å²) in [5.74, 6) is -1.07. The Morgan fingerprint density at radius 1 is 1.06 bits per heavy atom. The van der Waals surface area contributed by atoms with Crippen molar-refractivity contribution in [2.45, 2.75) is 19.1 Å². The number of H-pyrrole nitrogens is 1. The maximum absolute atomic E-state index is 13.0. The number of pyridine rings is 2. The Balaban J connectivity index is 1.60. The molecule has 2 aromatic heterocycles. The quantitative estimate of drug-likeness (QED) is 0.409. The molecule has 0 saturated carbocycles. The number of amides is 1. The largest absolute Gasteiger partial charge is 0.459 e. The van der Waals surface area contributed by atoms with Gasteiger partial charge in [0.1, 0.15) is 12.6 Å². The second-order valence-electron chi connectivity index (χ2n) is 7.41. The average molecular weight is 462 g/mol. The van der Waals surface area contributed by atoms with E-state index in [1.165, 1.54) is 6.07 Å². The van der Waals surface area contributed by atoms with Gasteiger partial charge in [0, 0.05) is 51.9 Å². The molecule has 166 valence electrons. The molecular weight excluding hydrogens is 442 g/mol. The molecule has 0 aliphatic carbocycles. The number of nitrogens with zero attached hydrogens (tertiary/aromatic N) is 1. The number of aromatic nitrogens is 2. The molecule has 0 spiro atoms. The number of benzene rings is 2. The number of aromatic amines is 1. The van der Waals surface area contributed by atoms with Crippen molar-refractivity contribution in [3.63, 3.8) is 0 Å². The van der Waals surface area contributed by atoms with E-state index in [0.717, 1.165) is 10.9 Å². The average Bonchev–Trinajstić information content (AvgIpc) is 2.83. The summed E-state index contributed by atoms with van der Waals surface area (Å²) < 4.78 is 5.46. The first-order valence-corrected chi connectivity index (χ1v) is 10.6. The van der Waals surface area contributed by atoms with Crippen LogP contribution < -0.4 is 10.9 Å². The number of halogens is 1. The topological polar surface area (TPSA) is 101 Å². The third-order valence-electron chi connectivity index (χ3n) is 5.06. The van der Waals surface area contributed by atoms with Crippen molar-refractivity contribution in [3.8, 4) is 0 Å². The van der Waals surface area contributed by atoms with Gasteiger partial charge in [0.05, 0.1) is 0 Å². The normalized spacial score (nSPS) is 11.7. The number of para-hydroxylation sites is 1. The van der Waals surface area contributed by atoms with E-state index in [0.29, 0.717) is 21.7 Å². The molecule has 4 rings (SSSR count). The van der Waals surface area contributed by atoms with Crippen molar-refractivity contribution in [1.82, 2.24) is 15.3 Å². The number of carbonyl (C=O) groups is 2. The number of nitrogens with one attached hydrogen (secondary N) is 2. The van der Waals surface area contributed by atoms with Crippen molar-refractivity contribution >= 4 is 34.4 Å². The maximum Gasteiger partial charge on any atom is 0.329 e. The maximum atomic E-state index is 13.0. The van der Waals surface area contributed by atoms with Gasteiger partial charge in [-0.1, -0.05) is 35.9 Å². The summed E-state index contributed by atoms with van der Waals surface area (Å²) in [6.07, 6.45) is 3.30. The van der Waals surface area contributed by atoms with Crippen LogP contribution in [0.1, 0.15) is 21.5 Å². The van der Waals surface area contributed by atoms with Crippen LogP contribution in [0, 0.1) is 0 Å². The van der Waals surface area contributed by atoms with Crippen molar-refractivity contribution in [2.75, 3.05) is 0 Å². The first kappa shape index (κ1) is 22.2. The number of rotatable bonds is 7. The molecule has 8 heteroatoms. The van der Waals surface area contributed by atoms with Gasteiger partial charge in [-0.25, -0.2) is 4.79 Å². The molecule has 2 aromatic carbocycles. The first-order valence-electron chi connectivity index (χ1n) is 10.2. The van der Waals surface area contributed by atoms with Crippen LogP contribution >= 0.6 is 11.6 Å². The summed E-state index contributed by atoms with van der Waals surface area (Å²) in [6.45, 7) is 0.0100. The SMILES string of the molecule is O=C(NC(Cc1cc(=O)[nH]c2ccccc12)C(=O)OCc1cccnc1)c1ccc(Cl)cc1. The number of carbonyl (C=O) groups excluding carboxylic acids is 2. The van der Waals surface area contributed by atoms with E-state index in [1.54, 1.807) is 54.9 Å². The minimum Gasteiger partial charge on any atom is -0.459 e. The van der Waals surface area contributed by atoms with Crippen LogP contribution in [0.4, 0.5) is 0 Å². The Hall–Kier alpha value is -3.97. The molecule has 0 aliphatic rings. The molecule has 1 atom stereocenters. The number of ether oxygens (including phenoxy) is 1. The lowest BCUT2D eigenvalue weighted by Gasteiger charge is -2.19. The molecule has 0 aliphatic heterocycles. The van der Waals surface area contributed by atoms with Gasteiger partial charge in [-0.15, -0.1) is 0 Å². The van der Waals surface area contributed by atoms with Crippen LogP contribution in [0.2, 0.25) is 5.02 Å². The van der Waals surface area contributed by atoms with Crippen LogP contribution in [0.5, 0.6) is 0 Å². The van der Waals surface area contributed by atoms with Crippen molar-refractivity contribution < 1.29 is 14.3 Å². The van der Waals surface area contributed by atoms with Gasteiger partial charge in [0.15, 0.2) is 0 Å². The van der Waals surface area contributed by atoms with E-state index in [1.807, 2.05) is 18.2 Å². The van der Waals surface area contributed by atoms with E-state index in [2.05, 4.69) is 15.3 Å². The smallest absolute Gasteiger partial charge is 0.329 e. The van der Waals surface area contributed by atoms with E-state index >= 15 is 0 Å². The van der Waals surface area contributed by atoms with Crippen LogP contribution in [-0.4, -0.2) is 27.9 Å². The van der Waals surface area contributed by atoms with E-state index < -0.39 is 17.9 Å². The molecule has 0 bridgehead atoms. The Bertz CT molecular complexity index is 1340. The van der Waals surface area contributed by atoms with E-state index in [4.69, 9.17) is 16.3 Å². The summed E-state index contributed by atoms with van der Waals surface area (Å²) >= 11 is 5.91. The molecule has 4 aromatic rings. The lowest BCUT2D eigenvalue weighted by Crippen LogP contribution is -2.43. The predicted octanol–water partition coefficient (Wildman–Crippen LogP) is 3.66. The van der Waals surface area contributed by atoms with Gasteiger partial charge in [-0.05, 0) is 42.0 Å². The summed E-state index contributed by atoms with van der Waals surface area (Å²) in [4.78, 5) is 44.8. The predicted molar refractivity (Wildman–Crippen MR) is 125 cm³/mol. The Morgan fingerprint density at radius 2 is 1.85 bits per heavy atom. The van der Waals surface area contributed by atoms with Gasteiger partial charge in [0.25, 0.3) is 5.91 Å². The minimum absolute atomic E-state index is 0.0100. The van der Waals surface area contributed by atoms with Gasteiger partial charge in [-0.2, -0.15) is 0 Å². The Labute approximate surface area is 194 Å². The summed E-state index contributed by atoms with van der Waals surface area (Å²) in [5, 5.41) is 4.01. The number of esters is 1. The zero-order chi connectivity index (χ0) is 23.2. The van der Waals surface area contributed by atoms with Crippen molar-refractivity contribution in [2.24, 2.45) is 0 Å². The van der Waals surface area contributed by atoms with E-state index in [-0.39, 0.29) is 18.6 Å². The highest BCUT2D eigenvalue weighted by Crippen LogP contribution is 2.17. The van der Waals surface area contributed by atoms with Crippen LogP contribution in [-0.2, 0) is 22.6 Å². The Morgan fingerprint density at radius 3 is 2.61 bits per heavy atom. The van der Waals surface area contributed by atoms with Crippen molar-refractivity contribution in [3.05, 3.63) is 111 Å². The fourth-order valence-corrected chi connectivity index (χ4v) is 3.57. The summed E-state index contributed by atoms with van der Waals surface area (Å²) in [5.41, 5.74) is 2.03. The standard InChI is InChI=1S/C25H20ClN3O4/c26-19-9-7-17(8-10-19)24(31)29-22(25(32)33-15-16-4-3-11-27-14-16)12-18-13-23(30)28-21-6-2-1-5-20(18)21/h1-11,13-14,22H,12,15H2,(H,28,30)(H,29,31). The van der Waals surface area contributed by atoms with Crippen LogP contribution in [0.25, 0.3) is 10.9 Å². The highest BCUT2D eigenvalue weighted by molar-refractivity contribution is 6.30. The summed E-state index contributed by atoms with van der Waals surface area (Å²) in [6, 6.07) is 17.5. The molecule has 0 saturated heterocycles. The van der Waals surface area contributed by atoms with Crippen LogP contribution in [0.3, 0.4) is 0 Å². The highest BCUT2D eigenvalue weighted by atomic mass is 35.5. The van der Waals surface area contributed by atoms with Crippen molar-refractivity contribution in [1.29, 1.82) is 0 Å². The minimum atomic E-state index is -1.02. The second kappa shape index (κ2) is 10.1. The number of hydrogen-bond acceptors (Lipinski definition) is 5. The fourth-order valence-electron chi connectivity index (χ4n) is 3.44. The third-order valence-corrected chi connectivity index (χ3v) is 5.31. The van der Waals surface area contributed by atoms with E-state index in [9.17, 15) is 14.4 Å². The molecule has 0 fully saturated rings. The molecule has 1 amide bonds. The fraction of sp³-hybridized carbons (Fsp3) is 0.120. The van der Waals surface area contributed by atoms with Gasteiger partial charge < -0.3 is 15.0 Å². The lowest BCUT2D eigenvalue weighted by atomic mass is 10.0. The summed E-state index contributed by atoms with van der Waals surface area (Å²) in [7, 11) is 0. The van der Waals surface area contributed by atoms with Gasteiger partial charge in [-0.3, -0.25) is 14.6 Å². The molecule has 7 nitrogen and oxygen atoms in total. The molecule has 2 heterocycles. The van der Waals surface area contributed by atoms with Crippen LogP contribution in [0.15, 0.2) is 83.9 Å². The third kappa shape index (κ3) is 5.64. The molecule has 1 unspecified atom stereocenters. The molecule has 33 heavy (non-hydrogen) atoms. The monoisotopic (exact) mass is 461 g/mol. The Kier molecular flexibility index (Phi) is 6.80. The zero-order valence-electron chi connectivity index (χ0n) is 17.5. The number of hydrogen-bond donors (Lipinski definition) is 2.